The maximum atomic E-state index is 12.4. The summed E-state index contributed by atoms with van der Waals surface area (Å²) in [7, 11) is 0. The maximum absolute atomic E-state index is 12.4. The first-order valence-corrected chi connectivity index (χ1v) is 8.22. The van der Waals surface area contributed by atoms with Crippen LogP contribution in [0.4, 0.5) is 5.69 Å². The van der Waals surface area contributed by atoms with E-state index in [-0.39, 0.29) is 18.2 Å². The molecule has 3 rings (SSSR count). The Morgan fingerprint density at radius 3 is 2.33 bits per heavy atom. The van der Waals surface area contributed by atoms with Crippen LogP contribution in [-0.4, -0.2) is 18.2 Å². The second-order valence-electron chi connectivity index (χ2n) is 6.44. The highest BCUT2D eigenvalue weighted by Crippen LogP contribution is 2.16. The molecule has 0 spiro atoms. The molecule has 0 saturated carbocycles. The van der Waals surface area contributed by atoms with E-state index in [0.717, 1.165) is 16.8 Å². The van der Waals surface area contributed by atoms with Crippen molar-refractivity contribution < 1.29 is 4.79 Å². The summed E-state index contributed by atoms with van der Waals surface area (Å²) in [5, 5.41) is 6.26. The van der Waals surface area contributed by atoms with E-state index >= 15 is 0 Å². The first kappa shape index (κ1) is 16.5. The Labute approximate surface area is 142 Å². The smallest absolute Gasteiger partial charge is 0.241 e. The van der Waals surface area contributed by atoms with Gasteiger partial charge in [-0.15, -0.1) is 0 Å². The molecule has 5 nitrogen and oxygen atoms in total. The molecule has 1 aliphatic heterocycles. The van der Waals surface area contributed by atoms with Gasteiger partial charge in [-0.3, -0.25) is 4.79 Å². The molecule has 0 aromatic heterocycles. The summed E-state index contributed by atoms with van der Waals surface area (Å²) >= 11 is 0. The topological polar surface area (TPSA) is 65.2 Å². The summed E-state index contributed by atoms with van der Waals surface area (Å²) in [5.74, 6) is -0.0170. The van der Waals surface area contributed by atoms with Crippen molar-refractivity contribution in [1.29, 1.82) is 0 Å². The highest BCUT2D eigenvalue weighted by molar-refractivity contribution is 5.83. The minimum absolute atomic E-state index is 0.0170. The van der Waals surface area contributed by atoms with Gasteiger partial charge in [0.2, 0.25) is 5.91 Å². The lowest BCUT2D eigenvalue weighted by atomic mass is 10.0. The van der Waals surface area contributed by atoms with Crippen LogP contribution in [0.5, 0.6) is 0 Å². The minimum Gasteiger partial charge on any atom is -0.352 e. The van der Waals surface area contributed by atoms with Crippen molar-refractivity contribution in [3.8, 4) is 0 Å². The summed E-state index contributed by atoms with van der Waals surface area (Å²) in [6.07, 6.45) is 0.309. The summed E-state index contributed by atoms with van der Waals surface area (Å²) in [4.78, 5) is 12.4. The third-order valence-corrected chi connectivity index (χ3v) is 4.25. The molecule has 4 N–H and O–H groups in total. The van der Waals surface area contributed by atoms with Crippen LogP contribution in [0.3, 0.4) is 0 Å². The number of carbonyl (C=O) groups excluding carboxylic acids is 1. The van der Waals surface area contributed by atoms with Gasteiger partial charge in [0.1, 0.15) is 6.04 Å². The van der Waals surface area contributed by atoms with E-state index in [1.807, 2.05) is 19.1 Å². The quantitative estimate of drug-likeness (QED) is 0.696. The number of amides is 1. The molecule has 1 saturated heterocycles. The van der Waals surface area contributed by atoms with Crippen LogP contribution in [-0.2, 0) is 11.2 Å². The van der Waals surface area contributed by atoms with E-state index in [9.17, 15) is 4.79 Å². The fourth-order valence-corrected chi connectivity index (χ4v) is 2.84. The van der Waals surface area contributed by atoms with E-state index in [0.29, 0.717) is 6.42 Å². The molecule has 2 aromatic carbocycles. The Kier molecular flexibility index (Phi) is 4.83. The normalized spacial score (nSPS) is 20.5. The SMILES string of the molecule is Cc1ccc(CC2NNC(Nc3ccc(C)cc3C)NC2=O)cc1. The predicted octanol–water partition coefficient (Wildman–Crippen LogP) is 2.14. The molecule has 2 unspecified atom stereocenters. The number of hydrogen-bond donors (Lipinski definition) is 4. The highest BCUT2D eigenvalue weighted by Gasteiger charge is 2.27. The zero-order valence-electron chi connectivity index (χ0n) is 14.3. The van der Waals surface area contributed by atoms with Crippen LogP contribution in [0.15, 0.2) is 42.5 Å². The van der Waals surface area contributed by atoms with Crippen molar-refractivity contribution in [3.63, 3.8) is 0 Å². The molecule has 1 amide bonds. The Balaban J connectivity index is 1.58. The number of anilines is 1. The molecule has 0 radical (unpaired) electrons. The molecule has 0 bridgehead atoms. The average molecular weight is 324 g/mol. The molecule has 126 valence electrons. The van der Waals surface area contributed by atoms with Gasteiger partial charge in [-0.25, -0.2) is 10.9 Å². The van der Waals surface area contributed by atoms with Gasteiger partial charge in [0.25, 0.3) is 0 Å². The fraction of sp³-hybridized carbons (Fsp3) is 0.316. The Morgan fingerprint density at radius 2 is 1.67 bits per heavy atom. The van der Waals surface area contributed by atoms with Crippen LogP contribution >= 0.6 is 0 Å². The molecule has 2 aromatic rings. The number of hydrogen-bond acceptors (Lipinski definition) is 4. The largest absolute Gasteiger partial charge is 0.352 e. The van der Waals surface area contributed by atoms with Crippen molar-refractivity contribution in [3.05, 3.63) is 64.7 Å². The van der Waals surface area contributed by atoms with E-state index in [1.165, 1.54) is 11.1 Å². The lowest BCUT2D eigenvalue weighted by molar-refractivity contribution is -0.126. The first-order valence-electron chi connectivity index (χ1n) is 8.22. The summed E-state index contributed by atoms with van der Waals surface area (Å²) in [6, 6.07) is 14.1. The molecular weight excluding hydrogens is 300 g/mol. The second-order valence-corrected chi connectivity index (χ2v) is 6.44. The van der Waals surface area contributed by atoms with Crippen molar-refractivity contribution >= 4 is 11.6 Å². The molecule has 1 heterocycles. The molecule has 24 heavy (non-hydrogen) atoms. The van der Waals surface area contributed by atoms with E-state index < -0.39 is 0 Å². The van der Waals surface area contributed by atoms with Gasteiger partial charge in [0.05, 0.1) is 0 Å². The Hall–Kier alpha value is -2.37. The molecular formula is C19H24N4O. The van der Waals surface area contributed by atoms with E-state index in [1.54, 1.807) is 0 Å². The Morgan fingerprint density at radius 1 is 0.958 bits per heavy atom. The Bertz CT molecular complexity index is 727. The van der Waals surface area contributed by atoms with Gasteiger partial charge in [0, 0.05) is 5.69 Å². The van der Waals surface area contributed by atoms with Crippen LogP contribution in [0.2, 0.25) is 0 Å². The van der Waals surface area contributed by atoms with Crippen molar-refractivity contribution in [2.24, 2.45) is 0 Å². The number of rotatable bonds is 4. The molecule has 1 aliphatic rings. The number of carbonyl (C=O) groups is 1. The second kappa shape index (κ2) is 7.03. The van der Waals surface area contributed by atoms with Crippen molar-refractivity contribution in [2.75, 3.05) is 5.32 Å². The third-order valence-electron chi connectivity index (χ3n) is 4.25. The molecule has 5 heteroatoms. The molecule has 2 atom stereocenters. The molecule has 1 fully saturated rings. The van der Waals surface area contributed by atoms with Crippen LogP contribution in [0.25, 0.3) is 0 Å². The van der Waals surface area contributed by atoms with Gasteiger partial charge in [-0.1, -0.05) is 47.5 Å². The van der Waals surface area contributed by atoms with Crippen LogP contribution in [0, 0.1) is 20.8 Å². The van der Waals surface area contributed by atoms with Gasteiger partial charge >= 0.3 is 0 Å². The van der Waals surface area contributed by atoms with Gasteiger partial charge in [-0.05, 0) is 44.4 Å². The average Bonchev–Trinajstić information content (AvgIpc) is 2.55. The highest BCUT2D eigenvalue weighted by atomic mass is 16.2. The number of hydrazine groups is 1. The van der Waals surface area contributed by atoms with Crippen LogP contribution < -0.4 is 21.5 Å². The lowest BCUT2D eigenvalue weighted by Crippen LogP contribution is -2.68. The minimum atomic E-state index is -0.340. The number of nitrogens with one attached hydrogen (secondary N) is 4. The van der Waals surface area contributed by atoms with Crippen molar-refractivity contribution in [2.45, 2.75) is 39.5 Å². The van der Waals surface area contributed by atoms with Crippen LogP contribution in [0.1, 0.15) is 22.3 Å². The summed E-state index contributed by atoms with van der Waals surface area (Å²) in [5.41, 5.74) is 12.0. The first-order chi connectivity index (χ1) is 11.5. The number of aryl methyl sites for hydroxylation is 3. The summed E-state index contributed by atoms with van der Waals surface area (Å²) in [6.45, 7) is 6.17. The third kappa shape index (κ3) is 3.93. The lowest BCUT2D eigenvalue weighted by Gasteiger charge is -2.32. The van der Waals surface area contributed by atoms with Gasteiger partial charge in [0.15, 0.2) is 6.29 Å². The number of benzene rings is 2. The zero-order chi connectivity index (χ0) is 17.1. The summed E-state index contributed by atoms with van der Waals surface area (Å²) < 4.78 is 0. The zero-order valence-corrected chi connectivity index (χ0v) is 14.3. The van der Waals surface area contributed by atoms with Crippen molar-refractivity contribution in [1.82, 2.24) is 16.2 Å². The van der Waals surface area contributed by atoms with Gasteiger partial charge in [-0.2, -0.15) is 0 Å². The standard InChI is InChI=1S/C19H24N4O/c1-12-4-7-15(8-5-12)11-17-18(24)21-19(23-22-17)20-16-9-6-13(2)10-14(16)3/h4-10,17,19-20,22-23H,11H2,1-3H3,(H,21,24). The van der Waals surface area contributed by atoms with E-state index in [4.69, 9.17) is 0 Å². The monoisotopic (exact) mass is 324 g/mol. The maximum Gasteiger partial charge on any atom is 0.241 e. The van der Waals surface area contributed by atoms with E-state index in [2.05, 4.69) is 65.7 Å². The molecule has 0 aliphatic carbocycles. The predicted molar refractivity (Wildman–Crippen MR) is 96.4 cm³/mol. The fourth-order valence-electron chi connectivity index (χ4n) is 2.84. The van der Waals surface area contributed by atoms with Gasteiger partial charge < -0.3 is 10.6 Å².